The van der Waals surface area contributed by atoms with Gasteiger partial charge in [-0.1, -0.05) is 37.5 Å². The Morgan fingerprint density at radius 1 is 1.21 bits per heavy atom. The van der Waals surface area contributed by atoms with Gasteiger partial charge in [-0.3, -0.25) is 0 Å². The molecule has 0 radical (unpaired) electrons. The minimum Gasteiger partial charge on any atom is -0.378 e. The molecule has 1 atom stereocenters. The van der Waals surface area contributed by atoms with Crippen LogP contribution in [0.3, 0.4) is 0 Å². The summed E-state index contributed by atoms with van der Waals surface area (Å²) in [6.07, 6.45) is 7.27. The molecular formula is C16H23NOS. The minimum absolute atomic E-state index is 0.0472. The number of ether oxygens (including phenoxy) is 1. The highest BCUT2D eigenvalue weighted by Crippen LogP contribution is 2.37. The maximum atomic E-state index is 6.40. The molecule has 2 N–H and O–H groups in total. The quantitative estimate of drug-likeness (QED) is 0.916. The summed E-state index contributed by atoms with van der Waals surface area (Å²) in [5.41, 5.74) is 7.82. The molecule has 1 aromatic carbocycles. The van der Waals surface area contributed by atoms with Crippen molar-refractivity contribution in [2.45, 2.75) is 54.2 Å². The zero-order chi connectivity index (χ0) is 13.1. The standard InChI is InChI=1S/C16H23NOS/c17-16(8-4-1-5-9-16)12-18-11-14-10-13-6-2-3-7-15(13)19-14/h2-3,6-7,14H,1,4-5,8-12,17H2. The Kier molecular flexibility index (Phi) is 4.15. The van der Waals surface area contributed by atoms with Crippen LogP contribution in [0.15, 0.2) is 29.2 Å². The average Bonchev–Trinajstić information content (AvgIpc) is 2.82. The number of fused-ring (bicyclic) bond motifs is 1. The van der Waals surface area contributed by atoms with Crippen molar-refractivity contribution in [3.63, 3.8) is 0 Å². The van der Waals surface area contributed by atoms with Crippen molar-refractivity contribution in [3.05, 3.63) is 29.8 Å². The van der Waals surface area contributed by atoms with Crippen molar-refractivity contribution in [2.24, 2.45) is 5.73 Å². The number of rotatable bonds is 4. The second-order valence-electron chi connectivity index (χ2n) is 5.99. The molecule has 1 heterocycles. The summed E-state index contributed by atoms with van der Waals surface area (Å²) < 4.78 is 5.95. The van der Waals surface area contributed by atoms with E-state index in [9.17, 15) is 0 Å². The summed E-state index contributed by atoms with van der Waals surface area (Å²) in [4.78, 5) is 1.43. The Bertz CT molecular complexity index is 404. The maximum absolute atomic E-state index is 6.40. The van der Waals surface area contributed by atoms with Gasteiger partial charge in [-0.2, -0.15) is 0 Å². The largest absolute Gasteiger partial charge is 0.378 e. The van der Waals surface area contributed by atoms with Gasteiger partial charge in [0.1, 0.15) is 0 Å². The summed E-state index contributed by atoms with van der Waals surface area (Å²) in [6.45, 7) is 1.57. The predicted octanol–water partition coefficient (Wildman–Crippen LogP) is 3.38. The molecule has 3 rings (SSSR count). The van der Waals surface area contributed by atoms with Gasteiger partial charge < -0.3 is 10.5 Å². The lowest BCUT2D eigenvalue weighted by molar-refractivity contribution is 0.0691. The molecule has 1 unspecified atom stereocenters. The smallest absolute Gasteiger partial charge is 0.0646 e. The Morgan fingerprint density at radius 2 is 2.00 bits per heavy atom. The van der Waals surface area contributed by atoms with Crippen LogP contribution in [0.2, 0.25) is 0 Å². The zero-order valence-electron chi connectivity index (χ0n) is 11.4. The van der Waals surface area contributed by atoms with Crippen molar-refractivity contribution in [1.82, 2.24) is 0 Å². The number of benzene rings is 1. The normalized spacial score (nSPS) is 25.2. The molecule has 1 aliphatic carbocycles. The van der Waals surface area contributed by atoms with E-state index < -0.39 is 0 Å². The third kappa shape index (κ3) is 3.33. The first-order valence-electron chi connectivity index (χ1n) is 7.36. The monoisotopic (exact) mass is 277 g/mol. The lowest BCUT2D eigenvalue weighted by Gasteiger charge is -2.33. The van der Waals surface area contributed by atoms with Crippen molar-refractivity contribution >= 4 is 11.8 Å². The number of hydrogen-bond donors (Lipinski definition) is 1. The first-order chi connectivity index (χ1) is 9.25. The Hall–Kier alpha value is -0.510. The van der Waals surface area contributed by atoms with Crippen molar-refractivity contribution in [1.29, 1.82) is 0 Å². The van der Waals surface area contributed by atoms with Crippen LogP contribution >= 0.6 is 11.8 Å². The lowest BCUT2D eigenvalue weighted by Crippen LogP contribution is -2.46. The second kappa shape index (κ2) is 5.86. The fourth-order valence-electron chi connectivity index (χ4n) is 3.14. The van der Waals surface area contributed by atoms with Crippen LogP contribution in [0.1, 0.15) is 37.7 Å². The molecule has 0 spiro atoms. The molecule has 0 saturated heterocycles. The molecule has 1 aromatic rings. The molecule has 1 saturated carbocycles. The van der Waals surface area contributed by atoms with Crippen LogP contribution in [-0.4, -0.2) is 24.0 Å². The van der Waals surface area contributed by atoms with E-state index in [0.29, 0.717) is 5.25 Å². The van der Waals surface area contributed by atoms with Gasteiger partial charge in [0.05, 0.1) is 13.2 Å². The Labute approximate surface area is 120 Å². The van der Waals surface area contributed by atoms with Crippen LogP contribution in [0.5, 0.6) is 0 Å². The van der Waals surface area contributed by atoms with Crippen molar-refractivity contribution in [2.75, 3.05) is 13.2 Å². The molecular weight excluding hydrogens is 254 g/mol. The number of nitrogens with two attached hydrogens (primary N) is 1. The van der Waals surface area contributed by atoms with Gasteiger partial charge in [0.2, 0.25) is 0 Å². The molecule has 3 heteroatoms. The fourth-order valence-corrected chi connectivity index (χ4v) is 4.39. The number of thioether (sulfide) groups is 1. The summed E-state index contributed by atoms with van der Waals surface area (Å²) in [6, 6.07) is 8.69. The van der Waals surface area contributed by atoms with Gasteiger partial charge in [-0.15, -0.1) is 11.8 Å². The SMILES string of the molecule is NC1(COCC2Cc3ccccc3S2)CCCCC1. The van der Waals surface area contributed by atoms with E-state index in [0.717, 1.165) is 32.5 Å². The number of hydrogen-bond acceptors (Lipinski definition) is 3. The molecule has 0 aromatic heterocycles. The predicted molar refractivity (Wildman–Crippen MR) is 80.6 cm³/mol. The average molecular weight is 277 g/mol. The zero-order valence-corrected chi connectivity index (χ0v) is 12.3. The summed E-state index contributed by atoms with van der Waals surface area (Å²) in [5, 5.41) is 0.574. The summed E-state index contributed by atoms with van der Waals surface area (Å²) in [7, 11) is 0. The van der Waals surface area contributed by atoms with Crippen LogP contribution < -0.4 is 5.73 Å². The Morgan fingerprint density at radius 3 is 2.79 bits per heavy atom. The van der Waals surface area contributed by atoms with Crippen LogP contribution in [0.25, 0.3) is 0 Å². The van der Waals surface area contributed by atoms with E-state index in [2.05, 4.69) is 24.3 Å². The van der Waals surface area contributed by atoms with Crippen LogP contribution in [-0.2, 0) is 11.2 Å². The van der Waals surface area contributed by atoms with Gasteiger partial charge in [-0.25, -0.2) is 0 Å². The van der Waals surface area contributed by atoms with Crippen LogP contribution in [0, 0.1) is 0 Å². The lowest BCUT2D eigenvalue weighted by atomic mass is 9.83. The van der Waals surface area contributed by atoms with E-state index in [1.807, 2.05) is 11.8 Å². The molecule has 1 fully saturated rings. The molecule has 0 bridgehead atoms. The van der Waals surface area contributed by atoms with Crippen LogP contribution in [0.4, 0.5) is 0 Å². The molecule has 104 valence electrons. The molecule has 2 nitrogen and oxygen atoms in total. The van der Waals surface area contributed by atoms with Gasteiger partial charge >= 0.3 is 0 Å². The summed E-state index contributed by atoms with van der Waals surface area (Å²) >= 11 is 1.96. The first-order valence-corrected chi connectivity index (χ1v) is 8.24. The maximum Gasteiger partial charge on any atom is 0.0646 e. The van der Waals surface area contributed by atoms with E-state index in [-0.39, 0.29) is 5.54 Å². The Balaban J connectivity index is 1.44. The molecule has 19 heavy (non-hydrogen) atoms. The van der Waals surface area contributed by atoms with Gasteiger partial charge in [0.15, 0.2) is 0 Å². The van der Waals surface area contributed by atoms with E-state index in [1.54, 1.807) is 0 Å². The highest BCUT2D eigenvalue weighted by atomic mass is 32.2. The topological polar surface area (TPSA) is 35.2 Å². The second-order valence-corrected chi connectivity index (χ2v) is 7.33. The van der Waals surface area contributed by atoms with E-state index in [1.165, 1.54) is 29.7 Å². The first kappa shape index (κ1) is 13.5. The minimum atomic E-state index is -0.0472. The molecule has 2 aliphatic rings. The van der Waals surface area contributed by atoms with Crippen molar-refractivity contribution < 1.29 is 4.74 Å². The highest BCUT2D eigenvalue weighted by Gasteiger charge is 2.28. The summed E-state index contributed by atoms with van der Waals surface area (Å²) in [5.74, 6) is 0. The third-order valence-corrected chi connectivity index (χ3v) is 5.54. The van der Waals surface area contributed by atoms with E-state index in [4.69, 9.17) is 10.5 Å². The fraction of sp³-hybridized carbons (Fsp3) is 0.625. The highest BCUT2D eigenvalue weighted by molar-refractivity contribution is 8.00. The molecule has 0 amide bonds. The van der Waals surface area contributed by atoms with Gasteiger partial charge in [-0.05, 0) is 30.9 Å². The van der Waals surface area contributed by atoms with Gasteiger partial charge in [0.25, 0.3) is 0 Å². The molecule has 1 aliphatic heterocycles. The third-order valence-electron chi connectivity index (χ3n) is 4.26. The van der Waals surface area contributed by atoms with Gasteiger partial charge in [0, 0.05) is 15.7 Å². The van der Waals surface area contributed by atoms with E-state index >= 15 is 0 Å². The van der Waals surface area contributed by atoms with Crippen molar-refractivity contribution in [3.8, 4) is 0 Å².